The summed E-state index contributed by atoms with van der Waals surface area (Å²) < 4.78 is 23.2. The fraction of sp³-hybridized carbons (Fsp3) is 1.00. The maximum absolute atomic E-state index is 11.6. The van der Waals surface area contributed by atoms with Crippen LogP contribution in [0, 0.1) is 5.41 Å². The second-order valence-electron chi connectivity index (χ2n) is 6.37. The fourth-order valence-electron chi connectivity index (χ4n) is 2.51. The average Bonchev–Trinajstić information content (AvgIpc) is 2.43. The third-order valence-corrected chi connectivity index (χ3v) is 5.21. The van der Waals surface area contributed by atoms with E-state index in [2.05, 4.69) is 20.8 Å². The van der Waals surface area contributed by atoms with Crippen molar-refractivity contribution >= 4 is 9.84 Å². The molecule has 0 aliphatic heterocycles. The molecule has 0 aromatic rings. The van der Waals surface area contributed by atoms with Gasteiger partial charge < -0.3 is 5.11 Å². The van der Waals surface area contributed by atoms with Crippen molar-refractivity contribution in [2.75, 3.05) is 6.26 Å². The Kier molecular flexibility index (Phi) is 3.75. The molecule has 96 valence electrons. The van der Waals surface area contributed by atoms with Crippen LogP contribution < -0.4 is 0 Å². The lowest BCUT2D eigenvalue weighted by molar-refractivity contribution is 0.0308. The molecule has 4 heteroatoms. The highest BCUT2D eigenvalue weighted by atomic mass is 32.2. The van der Waals surface area contributed by atoms with Crippen LogP contribution in [0.5, 0.6) is 0 Å². The van der Waals surface area contributed by atoms with Gasteiger partial charge in [0, 0.05) is 6.26 Å². The van der Waals surface area contributed by atoms with Gasteiger partial charge in [0.2, 0.25) is 0 Å². The van der Waals surface area contributed by atoms with Gasteiger partial charge >= 0.3 is 0 Å². The number of rotatable bonds is 3. The molecule has 2 unspecified atom stereocenters. The van der Waals surface area contributed by atoms with E-state index in [1.165, 1.54) is 6.26 Å². The second kappa shape index (κ2) is 4.30. The summed E-state index contributed by atoms with van der Waals surface area (Å²) in [6.45, 7) is 6.34. The van der Waals surface area contributed by atoms with Gasteiger partial charge in [-0.15, -0.1) is 0 Å². The zero-order valence-corrected chi connectivity index (χ0v) is 11.6. The summed E-state index contributed by atoms with van der Waals surface area (Å²) in [4.78, 5) is 0. The molecule has 0 saturated heterocycles. The molecule has 0 amide bonds. The van der Waals surface area contributed by atoms with Crippen LogP contribution in [0.4, 0.5) is 0 Å². The van der Waals surface area contributed by atoms with Crippen molar-refractivity contribution < 1.29 is 13.5 Å². The largest absolute Gasteiger partial charge is 0.389 e. The van der Waals surface area contributed by atoms with E-state index in [1.807, 2.05) is 0 Å². The highest BCUT2D eigenvalue weighted by molar-refractivity contribution is 7.91. The Morgan fingerprint density at radius 1 is 1.38 bits per heavy atom. The molecule has 0 aromatic carbocycles. The number of sulfone groups is 1. The zero-order valence-electron chi connectivity index (χ0n) is 10.8. The summed E-state index contributed by atoms with van der Waals surface area (Å²) in [5, 5.41) is 9.92. The second-order valence-corrected chi connectivity index (χ2v) is 8.60. The van der Waals surface area contributed by atoms with Crippen molar-refractivity contribution in [3.8, 4) is 0 Å². The van der Waals surface area contributed by atoms with Crippen LogP contribution in [0.3, 0.4) is 0 Å². The zero-order chi connectivity index (χ0) is 12.6. The maximum Gasteiger partial charge on any atom is 0.153 e. The van der Waals surface area contributed by atoms with Crippen molar-refractivity contribution in [1.29, 1.82) is 0 Å². The molecule has 0 spiro atoms. The molecule has 1 N–H and O–H groups in total. The first-order valence-corrected chi connectivity index (χ1v) is 7.91. The molecule has 0 heterocycles. The van der Waals surface area contributed by atoms with Crippen molar-refractivity contribution in [3.05, 3.63) is 0 Å². The van der Waals surface area contributed by atoms with Gasteiger partial charge in [-0.05, 0) is 37.5 Å². The van der Waals surface area contributed by atoms with Crippen LogP contribution in [-0.4, -0.2) is 30.6 Å². The Labute approximate surface area is 99.2 Å². The predicted octanol–water partition coefficient (Wildman–Crippen LogP) is 2.14. The molecular weight excluding hydrogens is 224 g/mol. The molecule has 1 fully saturated rings. The van der Waals surface area contributed by atoms with Gasteiger partial charge in [-0.3, -0.25) is 0 Å². The summed E-state index contributed by atoms with van der Waals surface area (Å²) in [6, 6.07) is 0. The SMILES string of the molecule is CC(C)(C)CCC1(O)CCCC1S(C)(=O)=O. The normalized spacial score (nSPS) is 31.9. The van der Waals surface area contributed by atoms with E-state index in [-0.39, 0.29) is 5.41 Å². The molecule has 0 bridgehead atoms. The van der Waals surface area contributed by atoms with E-state index in [0.717, 1.165) is 12.8 Å². The molecule has 2 atom stereocenters. The first kappa shape index (κ1) is 14.0. The lowest BCUT2D eigenvalue weighted by Crippen LogP contribution is -2.42. The molecular formula is C12H24O3S. The highest BCUT2D eigenvalue weighted by Gasteiger charge is 2.46. The Hall–Kier alpha value is -0.0900. The molecule has 1 saturated carbocycles. The first-order chi connectivity index (χ1) is 7.05. The number of hydrogen-bond donors (Lipinski definition) is 1. The average molecular weight is 248 g/mol. The Balaban J connectivity index is 2.76. The van der Waals surface area contributed by atoms with Gasteiger partial charge in [0.1, 0.15) is 0 Å². The first-order valence-electron chi connectivity index (χ1n) is 5.96. The quantitative estimate of drug-likeness (QED) is 0.832. The van der Waals surface area contributed by atoms with E-state index >= 15 is 0 Å². The third-order valence-electron chi connectivity index (χ3n) is 3.50. The van der Waals surface area contributed by atoms with Crippen LogP contribution in [0.15, 0.2) is 0 Å². The topological polar surface area (TPSA) is 54.4 Å². The highest BCUT2D eigenvalue weighted by Crippen LogP contribution is 2.40. The van der Waals surface area contributed by atoms with Crippen LogP contribution >= 0.6 is 0 Å². The minimum absolute atomic E-state index is 0.139. The Bertz CT molecular complexity index is 340. The van der Waals surface area contributed by atoms with Gasteiger partial charge in [0.05, 0.1) is 10.9 Å². The Morgan fingerprint density at radius 3 is 2.38 bits per heavy atom. The lowest BCUT2D eigenvalue weighted by Gasteiger charge is -2.31. The third kappa shape index (κ3) is 3.45. The van der Waals surface area contributed by atoms with E-state index < -0.39 is 20.7 Å². The van der Waals surface area contributed by atoms with Crippen molar-refractivity contribution in [2.24, 2.45) is 5.41 Å². The molecule has 0 radical (unpaired) electrons. The van der Waals surface area contributed by atoms with Crippen molar-refractivity contribution in [2.45, 2.75) is 63.7 Å². The van der Waals surface area contributed by atoms with Crippen LogP contribution in [-0.2, 0) is 9.84 Å². The van der Waals surface area contributed by atoms with Gasteiger partial charge in [-0.2, -0.15) is 0 Å². The molecule has 16 heavy (non-hydrogen) atoms. The summed E-state index contributed by atoms with van der Waals surface area (Å²) >= 11 is 0. The van der Waals surface area contributed by atoms with E-state index in [9.17, 15) is 13.5 Å². The van der Waals surface area contributed by atoms with E-state index in [1.54, 1.807) is 0 Å². The summed E-state index contributed by atoms with van der Waals surface area (Å²) in [5.41, 5.74) is -0.846. The molecule has 1 rings (SSSR count). The van der Waals surface area contributed by atoms with Gasteiger partial charge in [0.15, 0.2) is 9.84 Å². The monoisotopic (exact) mass is 248 g/mol. The molecule has 0 aromatic heterocycles. The fourth-order valence-corrected chi connectivity index (χ4v) is 4.14. The van der Waals surface area contributed by atoms with E-state index in [4.69, 9.17) is 0 Å². The molecule has 1 aliphatic carbocycles. The smallest absolute Gasteiger partial charge is 0.153 e. The van der Waals surface area contributed by atoms with Crippen LogP contribution in [0.1, 0.15) is 52.9 Å². The van der Waals surface area contributed by atoms with Crippen LogP contribution in [0.25, 0.3) is 0 Å². The van der Waals surface area contributed by atoms with Crippen molar-refractivity contribution in [3.63, 3.8) is 0 Å². The van der Waals surface area contributed by atoms with Crippen LogP contribution in [0.2, 0.25) is 0 Å². The van der Waals surface area contributed by atoms with Gasteiger partial charge in [-0.25, -0.2) is 8.42 Å². The molecule has 3 nitrogen and oxygen atoms in total. The minimum atomic E-state index is -3.13. The van der Waals surface area contributed by atoms with E-state index in [0.29, 0.717) is 19.3 Å². The standard InChI is InChI=1S/C12H24O3S/c1-11(2,3)8-9-12(13)7-5-6-10(12)16(4,14)15/h10,13H,5-9H2,1-4H3. The number of hydrogen-bond acceptors (Lipinski definition) is 3. The lowest BCUT2D eigenvalue weighted by atomic mass is 9.84. The Morgan fingerprint density at radius 2 is 1.94 bits per heavy atom. The van der Waals surface area contributed by atoms with Crippen molar-refractivity contribution in [1.82, 2.24) is 0 Å². The minimum Gasteiger partial charge on any atom is -0.389 e. The number of aliphatic hydroxyl groups is 1. The van der Waals surface area contributed by atoms with Gasteiger partial charge in [0.25, 0.3) is 0 Å². The summed E-state index contributed by atoms with van der Waals surface area (Å²) in [6.07, 6.45) is 4.74. The van der Waals surface area contributed by atoms with Gasteiger partial charge in [-0.1, -0.05) is 20.8 Å². The summed E-state index contributed by atoms with van der Waals surface area (Å²) in [7, 11) is -3.13. The summed E-state index contributed by atoms with van der Waals surface area (Å²) in [5.74, 6) is 0. The predicted molar refractivity (Wildman–Crippen MR) is 66.1 cm³/mol. The maximum atomic E-state index is 11.6. The molecule has 1 aliphatic rings.